The number of hydrogen-bond donors (Lipinski definition) is 2. The van der Waals surface area contributed by atoms with E-state index in [0.29, 0.717) is 12.2 Å². The van der Waals surface area contributed by atoms with Crippen molar-refractivity contribution in [3.63, 3.8) is 0 Å². The Bertz CT molecular complexity index is 507. The Morgan fingerprint density at radius 3 is 3.00 bits per heavy atom. The van der Waals surface area contributed by atoms with E-state index in [1.165, 1.54) is 6.07 Å². The van der Waals surface area contributed by atoms with Crippen molar-refractivity contribution in [3.8, 4) is 0 Å². The first-order valence-electron chi connectivity index (χ1n) is 5.42. The highest BCUT2D eigenvalue weighted by molar-refractivity contribution is 5.66. The molecule has 0 radical (unpaired) electrons. The van der Waals surface area contributed by atoms with Gasteiger partial charge in [-0.15, -0.1) is 0 Å². The fourth-order valence-corrected chi connectivity index (χ4v) is 1.63. The molecule has 0 fully saturated rings. The number of benzene rings is 1. The number of aryl methyl sites for hydroxylation is 1. The van der Waals surface area contributed by atoms with Gasteiger partial charge in [0, 0.05) is 19.8 Å². The molecular formula is C12H15FN4. The van der Waals surface area contributed by atoms with Gasteiger partial charge < -0.3 is 11.1 Å². The van der Waals surface area contributed by atoms with E-state index in [9.17, 15) is 4.39 Å². The van der Waals surface area contributed by atoms with E-state index in [-0.39, 0.29) is 5.69 Å². The summed E-state index contributed by atoms with van der Waals surface area (Å²) in [6, 6.07) is 4.75. The Balaban J connectivity index is 1.92. The summed E-state index contributed by atoms with van der Waals surface area (Å²) in [4.78, 5) is 0. The summed E-state index contributed by atoms with van der Waals surface area (Å²) in [7, 11) is 1.88. The maximum atomic E-state index is 13.2. The van der Waals surface area contributed by atoms with Crippen LogP contribution in [0.15, 0.2) is 30.6 Å². The number of hydrogen-bond acceptors (Lipinski definition) is 3. The van der Waals surface area contributed by atoms with Crippen LogP contribution in [0.3, 0.4) is 0 Å². The first-order chi connectivity index (χ1) is 8.16. The van der Waals surface area contributed by atoms with Gasteiger partial charge in [-0.2, -0.15) is 5.10 Å². The van der Waals surface area contributed by atoms with E-state index < -0.39 is 5.82 Å². The molecule has 1 aromatic heterocycles. The van der Waals surface area contributed by atoms with Crippen LogP contribution in [0.25, 0.3) is 0 Å². The van der Waals surface area contributed by atoms with Crippen molar-refractivity contribution in [2.75, 3.05) is 17.6 Å². The Hall–Kier alpha value is -2.04. The molecule has 1 aromatic carbocycles. The van der Waals surface area contributed by atoms with Crippen molar-refractivity contribution in [1.29, 1.82) is 0 Å². The highest BCUT2D eigenvalue weighted by Gasteiger charge is 2.03. The van der Waals surface area contributed by atoms with Crippen LogP contribution < -0.4 is 11.1 Å². The quantitative estimate of drug-likeness (QED) is 0.793. The molecule has 1 heterocycles. The molecule has 2 aromatic rings. The fourth-order valence-electron chi connectivity index (χ4n) is 1.63. The Morgan fingerprint density at radius 2 is 2.29 bits per heavy atom. The summed E-state index contributed by atoms with van der Waals surface area (Å²) in [5.41, 5.74) is 7.55. The van der Waals surface area contributed by atoms with Gasteiger partial charge in [-0.1, -0.05) is 6.07 Å². The molecule has 0 saturated heterocycles. The van der Waals surface area contributed by atoms with Crippen LogP contribution in [-0.4, -0.2) is 16.3 Å². The van der Waals surface area contributed by atoms with Crippen molar-refractivity contribution in [2.45, 2.75) is 6.42 Å². The molecule has 0 aliphatic carbocycles. The molecule has 0 aliphatic rings. The molecule has 5 heteroatoms. The second-order valence-electron chi connectivity index (χ2n) is 3.90. The van der Waals surface area contributed by atoms with Crippen molar-refractivity contribution in [2.24, 2.45) is 7.05 Å². The van der Waals surface area contributed by atoms with Gasteiger partial charge in [0.05, 0.1) is 17.6 Å². The summed E-state index contributed by atoms with van der Waals surface area (Å²) in [6.45, 7) is 0.694. The molecule has 4 nitrogen and oxygen atoms in total. The average molecular weight is 234 g/mol. The topological polar surface area (TPSA) is 55.9 Å². The standard InChI is InChI=1S/C12H15FN4/c1-17-8-9(7-16-17)5-6-15-11-4-2-3-10(13)12(11)14/h2-4,7-8,15H,5-6,14H2,1H3. The van der Waals surface area contributed by atoms with Crippen molar-refractivity contribution in [1.82, 2.24) is 9.78 Å². The lowest BCUT2D eigenvalue weighted by Crippen LogP contribution is -2.07. The van der Waals surface area contributed by atoms with E-state index in [1.807, 2.05) is 19.4 Å². The zero-order valence-electron chi connectivity index (χ0n) is 9.65. The Labute approximate surface area is 99.2 Å². The van der Waals surface area contributed by atoms with E-state index in [4.69, 9.17) is 5.73 Å². The van der Waals surface area contributed by atoms with Gasteiger partial charge in [0.1, 0.15) is 5.82 Å². The summed E-state index contributed by atoms with van der Waals surface area (Å²) in [5, 5.41) is 7.19. The summed E-state index contributed by atoms with van der Waals surface area (Å²) < 4.78 is 14.9. The van der Waals surface area contributed by atoms with E-state index >= 15 is 0 Å². The molecule has 0 unspecified atom stereocenters. The molecule has 90 valence electrons. The number of anilines is 2. The Morgan fingerprint density at radius 1 is 1.47 bits per heavy atom. The van der Waals surface area contributed by atoms with Crippen molar-refractivity contribution in [3.05, 3.63) is 42.0 Å². The second kappa shape index (κ2) is 4.86. The van der Waals surface area contributed by atoms with Crippen LogP contribution in [0.2, 0.25) is 0 Å². The molecule has 0 bridgehead atoms. The number of nitrogen functional groups attached to an aromatic ring is 1. The lowest BCUT2D eigenvalue weighted by atomic mass is 10.2. The smallest absolute Gasteiger partial charge is 0.148 e. The van der Waals surface area contributed by atoms with Gasteiger partial charge in [-0.25, -0.2) is 4.39 Å². The first-order valence-corrected chi connectivity index (χ1v) is 5.42. The van der Waals surface area contributed by atoms with E-state index in [1.54, 1.807) is 16.8 Å². The van der Waals surface area contributed by atoms with Gasteiger partial charge in [0.25, 0.3) is 0 Å². The maximum Gasteiger partial charge on any atom is 0.148 e. The minimum atomic E-state index is -0.392. The lowest BCUT2D eigenvalue weighted by molar-refractivity contribution is 0.633. The summed E-state index contributed by atoms with van der Waals surface area (Å²) in [6.07, 6.45) is 4.59. The van der Waals surface area contributed by atoms with Gasteiger partial charge >= 0.3 is 0 Å². The normalized spacial score (nSPS) is 10.5. The van der Waals surface area contributed by atoms with E-state index in [0.717, 1.165) is 12.0 Å². The monoisotopic (exact) mass is 234 g/mol. The zero-order chi connectivity index (χ0) is 12.3. The molecular weight excluding hydrogens is 219 g/mol. The number of halogens is 1. The highest BCUT2D eigenvalue weighted by atomic mass is 19.1. The van der Waals surface area contributed by atoms with Crippen LogP contribution in [-0.2, 0) is 13.5 Å². The van der Waals surface area contributed by atoms with Gasteiger partial charge in [-0.3, -0.25) is 4.68 Å². The third-order valence-corrected chi connectivity index (χ3v) is 2.54. The minimum absolute atomic E-state index is 0.165. The first kappa shape index (κ1) is 11.4. The summed E-state index contributed by atoms with van der Waals surface area (Å²) in [5.74, 6) is -0.392. The van der Waals surface area contributed by atoms with Crippen LogP contribution in [0.4, 0.5) is 15.8 Å². The Kier molecular flexibility index (Phi) is 3.27. The van der Waals surface area contributed by atoms with Gasteiger partial charge in [-0.05, 0) is 24.1 Å². The molecule has 0 aliphatic heterocycles. The third kappa shape index (κ3) is 2.75. The maximum absolute atomic E-state index is 13.2. The number of nitrogens with zero attached hydrogens (tertiary/aromatic N) is 2. The minimum Gasteiger partial charge on any atom is -0.395 e. The number of aromatic nitrogens is 2. The number of rotatable bonds is 4. The molecule has 0 atom stereocenters. The number of para-hydroxylation sites is 1. The predicted octanol–water partition coefficient (Wildman–Crippen LogP) is 1.80. The highest BCUT2D eigenvalue weighted by Crippen LogP contribution is 2.20. The molecule has 2 rings (SSSR count). The van der Waals surface area contributed by atoms with Crippen molar-refractivity contribution >= 4 is 11.4 Å². The zero-order valence-corrected chi connectivity index (χ0v) is 9.65. The molecule has 0 saturated carbocycles. The molecule has 17 heavy (non-hydrogen) atoms. The SMILES string of the molecule is Cn1cc(CCNc2cccc(F)c2N)cn1. The van der Waals surface area contributed by atoms with Crippen molar-refractivity contribution < 1.29 is 4.39 Å². The van der Waals surface area contributed by atoms with Gasteiger partial charge in [0.2, 0.25) is 0 Å². The number of nitrogens with two attached hydrogens (primary N) is 1. The second-order valence-corrected chi connectivity index (χ2v) is 3.90. The molecule has 0 spiro atoms. The van der Waals surface area contributed by atoms with Crippen LogP contribution in [0, 0.1) is 5.82 Å². The lowest BCUT2D eigenvalue weighted by Gasteiger charge is -2.08. The summed E-state index contributed by atoms with van der Waals surface area (Å²) >= 11 is 0. The van der Waals surface area contributed by atoms with Crippen LogP contribution in [0.5, 0.6) is 0 Å². The van der Waals surface area contributed by atoms with E-state index in [2.05, 4.69) is 10.4 Å². The van der Waals surface area contributed by atoms with Gasteiger partial charge in [0.15, 0.2) is 0 Å². The van der Waals surface area contributed by atoms with Crippen LogP contribution in [0.1, 0.15) is 5.56 Å². The number of nitrogens with one attached hydrogen (secondary N) is 1. The van der Waals surface area contributed by atoms with Crippen LogP contribution >= 0.6 is 0 Å². The molecule has 3 N–H and O–H groups in total. The molecule has 0 amide bonds. The predicted molar refractivity (Wildman–Crippen MR) is 66.2 cm³/mol. The average Bonchev–Trinajstić information content (AvgIpc) is 2.70. The third-order valence-electron chi connectivity index (χ3n) is 2.54. The largest absolute Gasteiger partial charge is 0.395 e. The fraction of sp³-hybridized carbons (Fsp3) is 0.250.